The van der Waals surface area contributed by atoms with Crippen LogP contribution in [0.5, 0.6) is 0 Å². The fourth-order valence-corrected chi connectivity index (χ4v) is 1.74. The van der Waals surface area contributed by atoms with Crippen molar-refractivity contribution in [1.82, 2.24) is 15.2 Å². The third kappa shape index (κ3) is 5.80. The Morgan fingerprint density at radius 3 is 2.82 bits per heavy atom. The molecule has 0 saturated heterocycles. The lowest BCUT2D eigenvalue weighted by atomic mass is 10.2. The van der Waals surface area contributed by atoms with Crippen molar-refractivity contribution >= 4 is 0 Å². The van der Waals surface area contributed by atoms with E-state index in [9.17, 15) is 0 Å². The van der Waals surface area contributed by atoms with Crippen LogP contribution in [0.4, 0.5) is 0 Å². The van der Waals surface area contributed by atoms with Gasteiger partial charge in [-0.2, -0.15) is 0 Å². The van der Waals surface area contributed by atoms with E-state index in [4.69, 9.17) is 0 Å². The van der Waals surface area contributed by atoms with Gasteiger partial charge in [-0.3, -0.25) is 9.88 Å². The molecule has 1 aromatic heterocycles. The third-order valence-electron chi connectivity index (χ3n) is 3.06. The molecule has 1 aromatic rings. The number of rotatable bonds is 8. The Kier molecular flexibility index (Phi) is 6.82. The van der Waals surface area contributed by atoms with E-state index in [-0.39, 0.29) is 0 Å². The molecule has 17 heavy (non-hydrogen) atoms. The van der Waals surface area contributed by atoms with E-state index in [2.05, 4.69) is 42.2 Å². The second kappa shape index (κ2) is 8.20. The second-order valence-corrected chi connectivity index (χ2v) is 4.62. The van der Waals surface area contributed by atoms with E-state index in [1.165, 1.54) is 12.8 Å². The first-order chi connectivity index (χ1) is 8.24. The number of nitrogens with zero attached hydrogens (tertiary/aromatic N) is 2. The van der Waals surface area contributed by atoms with Gasteiger partial charge < -0.3 is 5.32 Å². The summed E-state index contributed by atoms with van der Waals surface area (Å²) >= 11 is 0. The first-order valence-electron chi connectivity index (χ1n) is 6.55. The molecule has 1 heterocycles. The van der Waals surface area contributed by atoms with Crippen LogP contribution in [0.2, 0.25) is 0 Å². The Morgan fingerprint density at radius 1 is 1.35 bits per heavy atom. The molecular formula is C14H25N3. The van der Waals surface area contributed by atoms with E-state index in [1.807, 2.05) is 18.3 Å². The van der Waals surface area contributed by atoms with Crippen LogP contribution in [0, 0.1) is 0 Å². The summed E-state index contributed by atoms with van der Waals surface area (Å²) in [5.74, 6) is 0. The molecule has 1 rings (SSSR count). The minimum absolute atomic E-state index is 0.585. The van der Waals surface area contributed by atoms with Gasteiger partial charge >= 0.3 is 0 Å². The van der Waals surface area contributed by atoms with Gasteiger partial charge in [-0.1, -0.05) is 13.0 Å². The lowest BCUT2D eigenvalue weighted by Gasteiger charge is -2.24. The summed E-state index contributed by atoms with van der Waals surface area (Å²) in [5.41, 5.74) is 1.14. The van der Waals surface area contributed by atoms with Gasteiger partial charge in [0, 0.05) is 18.8 Å². The fraction of sp³-hybridized carbons (Fsp3) is 0.643. The molecule has 3 nitrogen and oxygen atoms in total. The molecule has 0 spiro atoms. The highest BCUT2D eigenvalue weighted by atomic mass is 15.1. The van der Waals surface area contributed by atoms with Gasteiger partial charge in [0.05, 0.1) is 5.69 Å². The molecule has 3 heteroatoms. The summed E-state index contributed by atoms with van der Waals surface area (Å²) in [6.45, 7) is 7.62. The topological polar surface area (TPSA) is 28.2 Å². The maximum atomic E-state index is 4.35. The predicted octanol–water partition coefficient (Wildman–Crippen LogP) is 2.29. The minimum Gasteiger partial charge on any atom is -0.317 e. The number of nitrogens with one attached hydrogen (secondary N) is 1. The van der Waals surface area contributed by atoms with Crippen LogP contribution in [0.1, 0.15) is 32.4 Å². The zero-order chi connectivity index (χ0) is 12.5. The van der Waals surface area contributed by atoms with E-state index in [0.29, 0.717) is 6.04 Å². The normalized spacial score (nSPS) is 12.9. The largest absolute Gasteiger partial charge is 0.317 e. The summed E-state index contributed by atoms with van der Waals surface area (Å²) in [5, 5.41) is 3.44. The summed E-state index contributed by atoms with van der Waals surface area (Å²) in [4.78, 5) is 6.71. The van der Waals surface area contributed by atoms with Gasteiger partial charge in [-0.05, 0) is 52.0 Å². The maximum absolute atomic E-state index is 4.35. The first kappa shape index (κ1) is 14.1. The van der Waals surface area contributed by atoms with Crippen molar-refractivity contribution in [3.8, 4) is 0 Å². The van der Waals surface area contributed by atoms with Gasteiger partial charge in [0.15, 0.2) is 0 Å². The fourth-order valence-electron chi connectivity index (χ4n) is 1.74. The number of aromatic nitrogens is 1. The van der Waals surface area contributed by atoms with Crippen molar-refractivity contribution in [2.75, 3.05) is 20.1 Å². The zero-order valence-corrected chi connectivity index (χ0v) is 11.3. The Hall–Kier alpha value is -0.930. The van der Waals surface area contributed by atoms with E-state index in [1.54, 1.807) is 0 Å². The van der Waals surface area contributed by atoms with Crippen LogP contribution >= 0.6 is 0 Å². The Bertz CT molecular complexity index is 287. The van der Waals surface area contributed by atoms with Gasteiger partial charge in [-0.25, -0.2) is 0 Å². The van der Waals surface area contributed by atoms with E-state index < -0.39 is 0 Å². The molecule has 0 radical (unpaired) electrons. The highest BCUT2D eigenvalue weighted by Crippen LogP contribution is 2.05. The lowest BCUT2D eigenvalue weighted by molar-refractivity contribution is 0.234. The molecule has 96 valence electrons. The average Bonchev–Trinajstić information content (AvgIpc) is 2.35. The maximum Gasteiger partial charge on any atom is 0.0543 e. The SMILES string of the molecule is CCCNCCC(C)N(C)Cc1ccccn1. The van der Waals surface area contributed by atoms with Crippen molar-refractivity contribution in [1.29, 1.82) is 0 Å². The molecule has 0 aliphatic rings. The number of pyridine rings is 1. The van der Waals surface area contributed by atoms with Crippen LogP contribution in [0.15, 0.2) is 24.4 Å². The van der Waals surface area contributed by atoms with Crippen molar-refractivity contribution in [2.45, 2.75) is 39.3 Å². The molecule has 1 unspecified atom stereocenters. The van der Waals surface area contributed by atoms with Gasteiger partial charge in [0.25, 0.3) is 0 Å². The molecule has 1 atom stereocenters. The van der Waals surface area contributed by atoms with Crippen LogP contribution in [-0.4, -0.2) is 36.1 Å². The number of hydrogen-bond acceptors (Lipinski definition) is 3. The average molecular weight is 235 g/mol. The van der Waals surface area contributed by atoms with Crippen molar-refractivity contribution in [2.24, 2.45) is 0 Å². The summed E-state index contributed by atoms with van der Waals surface area (Å²) < 4.78 is 0. The summed E-state index contributed by atoms with van der Waals surface area (Å²) in [6, 6.07) is 6.67. The Balaban J connectivity index is 2.24. The van der Waals surface area contributed by atoms with Crippen LogP contribution in [0.3, 0.4) is 0 Å². The molecule has 0 fully saturated rings. The molecule has 1 N–H and O–H groups in total. The zero-order valence-electron chi connectivity index (χ0n) is 11.3. The molecule has 0 aliphatic heterocycles. The molecular weight excluding hydrogens is 210 g/mol. The van der Waals surface area contributed by atoms with Crippen LogP contribution in [-0.2, 0) is 6.54 Å². The van der Waals surface area contributed by atoms with Crippen molar-refractivity contribution < 1.29 is 0 Å². The molecule has 0 amide bonds. The van der Waals surface area contributed by atoms with Gasteiger partial charge in [0.2, 0.25) is 0 Å². The number of hydrogen-bond donors (Lipinski definition) is 1. The summed E-state index contributed by atoms with van der Waals surface area (Å²) in [6.07, 6.45) is 4.25. The molecule has 0 saturated carbocycles. The molecule has 0 aromatic carbocycles. The van der Waals surface area contributed by atoms with E-state index >= 15 is 0 Å². The van der Waals surface area contributed by atoms with Gasteiger partial charge in [0.1, 0.15) is 0 Å². The molecule has 0 aliphatic carbocycles. The van der Waals surface area contributed by atoms with Crippen molar-refractivity contribution in [3.05, 3.63) is 30.1 Å². The standard InChI is InChI=1S/C14H25N3/c1-4-9-15-11-8-13(2)17(3)12-14-7-5-6-10-16-14/h5-7,10,13,15H,4,8-9,11-12H2,1-3H3. The second-order valence-electron chi connectivity index (χ2n) is 4.62. The van der Waals surface area contributed by atoms with Gasteiger partial charge in [-0.15, -0.1) is 0 Å². The van der Waals surface area contributed by atoms with Crippen LogP contribution < -0.4 is 5.32 Å². The van der Waals surface area contributed by atoms with Crippen LogP contribution in [0.25, 0.3) is 0 Å². The predicted molar refractivity (Wildman–Crippen MR) is 72.9 cm³/mol. The Morgan fingerprint density at radius 2 is 2.18 bits per heavy atom. The first-order valence-corrected chi connectivity index (χ1v) is 6.55. The minimum atomic E-state index is 0.585. The summed E-state index contributed by atoms with van der Waals surface area (Å²) in [7, 11) is 2.17. The monoisotopic (exact) mass is 235 g/mol. The van der Waals surface area contributed by atoms with E-state index in [0.717, 1.165) is 25.3 Å². The third-order valence-corrected chi connectivity index (χ3v) is 3.06. The quantitative estimate of drug-likeness (QED) is 0.701. The highest BCUT2D eigenvalue weighted by molar-refractivity contribution is 5.03. The smallest absolute Gasteiger partial charge is 0.0543 e. The molecule has 0 bridgehead atoms. The van der Waals surface area contributed by atoms with Crippen molar-refractivity contribution in [3.63, 3.8) is 0 Å². The highest BCUT2D eigenvalue weighted by Gasteiger charge is 2.09. The lowest BCUT2D eigenvalue weighted by Crippen LogP contribution is -2.32. The Labute approximate surface area is 105 Å².